The predicted molar refractivity (Wildman–Crippen MR) is 334 cm³/mol. The minimum atomic E-state index is -2.03. The molecular weight excluding hydrogens is 1380 g/mol. The molecule has 3 aliphatic rings. The number of benzene rings is 6. The largest absolute Gasteiger partial charge is 0.479 e. The van der Waals surface area contributed by atoms with E-state index >= 15 is 0 Å². The Balaban J connectivity index is 0.000000160. The monoisotopic (exact) mass is 1430 g/mol. The molecule has 6 heterocycles. The van der Waals surface area contributed by atoms with Crippen LogP contribution in [-0.4, -0.2) is 84.1 Å². The molecule has 6 atom stereocenters. The smallest absolute Gasteiger partial charge is 0.334 e. The number of halogens is 15. The van der Waals surface area contributed by atoms with Gasteiger partial charge >= 0.3 is 11.9 Å². The van der Waals surface area contributed by atoms with Gasteiger partial charge in [0.25, 0.3) is 0 Å². The zero-order valence-electron chi connectivity index (χ0n) is 51.1. The zero-order valence-corrected chi connectivity index (χ0v) is 53.3. The van der Waals surface area contributed by atoms with Crippen molar-refractivity contribution in [3.05, 3.63) is 265 Å². The molecule has 12 rings (SSSR count). The van der Waals surface area contributed by atoms with Gasteiger partial charge in [-0.3, -0.25) is 4.79 Å². The number of nitrogens with zero attached hydrogens (tertiary/aromatic N) is 6. The number of hydrazone groups is 3. The van der Waals surface area contributed by atoms with Gasteiger partial charge in [0.05, 0.1) is 65.7 Å². The van der Waals surface area contributed by atoms with Crippen molar-refractivity contribution in [2.45, 2.75) is 55.1 Å². The van der Waals surface area contributed by atoms with Crippen LogP contribution in [0.15, 0.2) is 174 Å². The van der Waals surface area contributed by atoms with Crippen molar-refractivity contribution in [2.24, 2.45) is 15.3 Å². The number of carbonyl (C=O) groups is 3. The molecule has 0 fully saturated rings. The lowest BCUT2D eigenvalue weighted by atomic mass is 9.78. The highest BCUT2D eigenvalue weighted by Gasteiger charge is 2.60. The van der Waals surface area contributed by atoms with E-state index in [1.807, 2.05) is 0 Å². The highest BCUT2D eigenvalue weighted by molar-refractivity contribution is 6.29. The van der Waals surface area contributed by atoms with Crippen LogP contribution in [0.25, 0.3) is 0 Å². The Labute approximate surface area is 562 Å². The van der Waals surface area contributed by atoms with Crippen molar-refractivity contribution in [3.8, 4) is 0 Å². The third-order valence-electron chi connectivity index (χ3n) is 16.2. The molecule has 2 N–H and O–H groups in total. The fraction of sp³-hybridized carbons (Fsp3) is 0.194. The normalized spacial score (nSPS) is 20.3. The number of hydrogen-bond donors (Lipinski definition) is 2. The summed E-state index contributed by atoms with van der Waals surface area (Å²) in [5.41, 5.74) is -7.19. The van der Waals surface area contributed by atoms with Crippen LogP contribution < -0.4 is 20.3 Å². The summed E-state index contributed by atoms with van der Waals surface area (Å²) < 4.78 is 196. The summed E-state index contributed by atoms with van der Waals surface area (Å²) in [6.07, 6.45) is 0. The maximum Gasteiger partial charge on any atom is 0.334 e. The van der Waals surface area contributed by atoms with Crippen LogP contribution in [0.3, 0.4) is 0 Å². The maximum absolute atomic E-state index is 14.9. The quantitative estimate of drug-likeness (QED) is 0.0562. The lowest BCUT2D eigenvalue weighted by Gasteiger charge is -2.36. The van der Waals surface area contributed by atoms with Crippen LogP contribution >= 0.6 is 34.8 Å². The topological polar surface area (TPSA) is 188 Å². The number of aliphatic carboxylic acids is 1. The van der Waals surface area contributed by atoms with E-state index in [4.69, 9.17) is 57.5 Å². The lowest BCUT2D eigenvalue weighted by Crippen LogP contribution is -2.57. The second-order valence-electron chi connectivity index (χ2n) is 22.3. The summed E-state index contributed by atoms with van der Waals surface area (Å²) in [4.78, 5) is 39.1. The zero-order chi connectivity index (χ0) is 71.0. The predicted octanol–water partition coefficient (Wildman–Crippen LogP) is 15.8. The Morgan fingerprint density at radius 1 is 0.449 bits per heavy atom. The number of anilines is 3. The Kier molecular flexibility index (Phi) is 20.4. The summed E-state index contributed by atoms with van der Waals surface area (Å²) in [5.74, 6) is -17.3. The van der Waals surface area contributed by atoms with E-state index in [9.17, 15) is 72.2 Å². The van der Waals surface area contributed by atoms with Gasteiger partial charge in [-0.05, 0) is 165 Å². The van der Waals surface area contributed by atoms with Crippen LogP contribution in [-0.2, 0) is 23.9 Å². The Morgan fingerprint density at radius 3 is 1.03 bits per heavy atom. The first kappa shape index (κ1) is 70.8. The van der Waals surface area contributed by atoms with E-state index in [1.165, 1.54) is 64.3 Å². The van der Waals surface area contributed by atoms with Gasteiger partial charge < -0.3 is 33.1 Å². The van der Waals surface area contributed by atoms with Crippen molar-refractivity contribution < 1.29 is 94.9 Å². The summed E-state index contributed by atoms with van der Waals surface area (Å²) in [7, 11) is 2.57. The molecular formula is C67H48Cl3F12N7O9. The molecule has 31 heteroatoms. The van der Waals surface area contributed by atoms with Crippen LogP contribution in [0.4, 0.5) is 69.7 Å². The molecule has 3 aliphatic heterocycles. The third-order valence-corrected chi connectivity index (χ3v) is 16.8. The Hall–Kier alpha value is -10.0. The number of nitrogens with one attached hydrogen (secondary N) is 1. The van der Waals surface area contributed by atoms with E-state index in [-0.39, 0.29) is 97.0 Å². The molecule has 0 radical (unpaired) electrons. The van der Waals surface area contributed by atoms with Crippen LogP contribution in [0.5, 0.6) is 0 Å². The van der Waals surface area contributed by atoms with E-state index < -0.39 is 122 Å². The Bertz CT molecular complexity index is 4690. The van der Waals surface area contributed by atoms with Gasteiger partial charge in [-0.25, -0.2) is 77.3 Å². The first-order chi connectivity index (χ1) is 46.4. The molecule has 510 valence electrons. The average molecular weight is 1430 g/mol. The number of esters is 1. The molecule has 6 unspecified atom stereocenters. The van der Waals surface area contributed by atoms with Crippen LogP contribution in [0.1, 0.15) is 72.5 Å². The molecule has 1 amide bonds. The molecule has 3 aromatic heterocycles. The number of methoxy groups -OCH3 is 2. The second-order valence-corrected chi connectivity index (χ2v) is 23.4. The minimum Gasteiger partial charge on any atom is -0.479 e. The highest BCUT2D eigenvalue weighted by atomic mass is 35.5. The number of amides is 1. The van der Waals surface area contributed by atoms with Crippen molar-refractivity contribution >= 4 is 86.8 Å². The fourth-order valence-electron chi connectivity index (χ4n) is 11.5. The molecule has 0 saturated heterocycles. The van der Waals surface area contributed by atoms with Gasteiger partial charge in [0.1, 0.15) is 69.6 Å². The lowest BCUT2D eigenvalue weighted by molar-refractivity contribution is -0.146. The van der Waals surface area contributed by atoms with Gasteiger partial charge in [0.15, 0.2) is 49.7 Å². The van der Waals surface area contributed by atoms with Gasteiger partial charge in [0.2, 0.25) is 5.91 Å². The Morgan fingerprint density at radius 2 is 0.745 bits per heavy atom. The van der Waals surface area contributed by atoms with Gasteiger partial charge in [-0.2, -0.15) is 15.3 Å². The number of hydrogen-bond acceptors (Lipinski definition) is 14. The van der Waals surface area contributed by atoms with E-state index in [0.717, 1.165) is 94.9 Å². The second kappa shape index (κ2) is 28.2. The van der Waals surface area contributed by atoms with Crippen molar-refractivity contribution in [2.75, 3.05) is 42.4 Å². The fourth-order valence-corrected chi connectivity index (χ4v) is 12.0. The molecule has 16 nitrogen and oxygen atoms in total. The molecule has 98 heavy (non-hydrogen) atoms. The van der Waals surface area contributed by atoms with Gasteiger partial charge in [0, 0.05) is 66.7 Å². The van der Waals surface area contributed by atoms with Crippen molar-refractivity contribution in [3.63, 3.8) is 0 Å². The summed E-state index contributed by atoms with van der Waals surface area (Å²) in [6.45, 7) is 4.37. The van der Waals surface area contributed by atoms with Crippen molar-refractivity contribution in [1.29, 1.82) is 0 Å². The number of ether oxygens (including phenoxy) is 2. The average Bonchev–Trinajstić information content (AvgIpc) is 1.58. The first-order valence-electron chi connectivity index (χ1n) is 28.7. The maximum atomic E-state index is 14.9. The number of carboxylic acids is 1. The number of carboxylic acid groups (broad SMARTS) is 1. The number of furan rings is 3. The first-order valence-corrected chi connectivity index (χ1v) is 29.8. The molecule has 9 aromatic rings. The van der Waals surface area contributed by atoms with Gasteiger partial charge in [-0.1, -0.05) is 0 Å². The van der Waals surface area contributed by atoms with E-state index in [0.29, 0.717) is 36.4 Å². The standard InChI is InChI=1S/C24H20ClF4N3O3.C22H15ClF4N2O3.C21H13ClF4N2O3/c1-24(23(33)30-9-10-34-2)21(19-7-8-20(25)35-19)22(15-5-3-13(26)11-16(15)28)31-32(24)18-6-4-14(27)12-17(18)29;1-22(21(30)31-2)19(17-7-8-18(23)32-17)20(13-5-3-11(24)9-14(13)26)28-29(22)16-6-4-12(25)10-15(16)27;1-21(20(29)30)18(16-6-7-17(22)31-16)19(12-4-2-10(23)8-13(12)25)27-28(21)15-5-3-11(24)9-14(15)26/h3-8,11-12,21H,9-10H2,1-2H3,(H,30,33);3-10,19H,1-2H3;2-9,18H,1H3,(H,29,30). The van der Waals surface area contributed by atoms with E-state index in [1.54, 1.807) is 0 Å². The molecule has 0 spiro atoms. The molecule has 0 aliphatic carbocycles. The number of carbonyl (C=O) groups excluding carboxylic acids is 2. The SMILES string of the molecule is CC1(C(=O)O)C(c2ccc(Cl)o2)C(c2ccc(F)cc2F)=NN1c1ccc(F)cc1F.COC(=O)C1(C)C(c2ccc(Cl)o2)C(c2ccc(F)cc2F)=NN1c1ccc(F)cc1F.COCCNC(=O)C1(C)C(c2ccc(Cl)o2)C(c2ccc(F)cc2F)=NN1c1ccc(F)cc1F. The van der Waals surface area contributed by atoms with Crippen molar-refractivity contribution in [1.82, 2.24) is 5.32 Å². The summed E-state index contributed by atoms with van der Waals surface area (Å²) in [6, 6.07) is 24.9. The van der Waals surface area contributed by atoms with Gasteiger partial charge in [-0.15, -0.1) is 0 Å². The molecule has 0 bridgehead atoms. The number of rotatable bonds is 15. The van der Waals surface area contributed by atoms with Crippen LogP contribution in [0.2, 0.25) is 15.7 Å². The third kappa shape index (κ3) is 13.3. The summed E-state index contributed by atoms with van der Waals surface area (Å²) in [5, 5.41) is 28.5. The summed E-state index contributed by atoms with van der Waals surface area (Å²) >= 11 is 17.8. The molecule has 0 saturated carbocycles. The minimum absolute atomic E-state index is 0.00696. The van der Waals surface area contributed by atoms with E-state index in [2.05, 4.69) is 20.6 Å². The molecule has 6 aromatic carbocycles. The highest BCUT2D eigenvalue weighted by Crippen LogP contribution is 2.50. The van der Waals surface area contributed by atoms with Crippen LogP contribution in [0, 0.1) is 69.8 Å².